The number of hydrogen-bond donors (Lipinski definition) is 1. The largest absolute Gasteiger partial charge is 0.377 e. The molecule has 1 aliphatic rings. The van der Waals surface area contributed by atoms with Crippen molar-refractivity contribution in [2.24, 2.45) is 0 Å². The quantitative estimate of drug-likeness (QED) is 0.857. The summed E-state index contributed by atoms with van der Waals surface area (Å²) in [5.74, 6) is -0.749. The molecule has 1 aromatic carbocycles. The number of rotatable bonds is 6. The van der Waals surface area contributed by atoms with Crippen molar-refractivity contribution in [1.82, 2.24) is 5.32 Å². The second kappa shape index (κ2) is 5.97. The van der Waals surface area contributed by atoms with Gasteiger partial charge in [-0.25, -0.2) is 8.78 Å². The van der Waals surface area contributed by atoms with Crippen LogP contribution in [0.15, 0.2) is 18.2 Å². The molecule has 4 heteroatoms. The minimum atomic E-state index is -0.397. The van der Waals surface area contributed by atoms with Gasteiger partial charge in [-0.15, -0.1) is 0 Å². The zero-order valence-electron chi connectivity index (χ0n) is 11.5. The van der Waals surface area contributed by atoms with Crippen LogP contribution in [0.4, 0.5) is 8.78 Å². The van der Waals surface area contributed by atoms with Gasteiger partial charge in [0.1, 0.15) is 11.6 Å². The monoisotopic (exact) mass is 269 g/mol. The van der Waals surface area contributed by atoms with Crippen molar-refractivity contribution in [2.45, 2.75) is 44.2 Å². The lowest BCUT2D eigenvalue weighted by Gasteiger charge is -2.47. The van der Waals surface area contributed by atoms with Crippen molar-refractivity contribution in [3.8, 4) is 0 Å². The predicted molar refractivity (Wildman–Crippen MR) is 71.1 cm³/mol. The summed E-state index contributed by atoms with van der Waals surface area (Å²) in [4.78, 5) is 0. The van der Waals surface area contributed by atoms with Crippen LogP contribution in [0.25, 0.3) is 0 Å². The highest BCUT2D eigenvalue weighted by Gasteiger charge is 2.44. The highest BCUT2D eigenvalue weighted by molar-refractivity contribution is 5.21. The number of nitrogens with one attached hydrogen (secondary N) is 1. The Kier molecular flexibility index (Phi) is 4.53. The molecular weight excluding hydrogens is 248 g/mol. The highest BCUT2D eigenvalue weighted by atomic mass is 19.1. The fourth-order valence-electron chi connectivity index (χ4n) is 2.83. The summed E-state index contributed by atoms with van der Waals surface area (Å²) in [6, 6.07) is 3.64. The van der Waals surface area contributed by atoms with Crippen molar-refractivity contribution in [3.05, 3.63) is 35.4 Å². The summed E-state index contributed by atoms with van der Waals surface area (Å²) in [6.45, 7) is 2.80. The number of benzene rings is 1. The summed E-state index contributed by atoms with van der Waals surface area (Å²) >= 11 is 0. The van der Waals surface area contributed by atoms with Crippen LogP contribution < -0.4 is 5.32 Å². The molecule has 1 aliphatic carbocycles. The van der Waals surface area contributed by atoms with E-state index in [1.807, 2.05) is 6.92 Å². The maximum absolute atomic E-state index is 13.7. The fraction of sp³-hybridized carbons (Fsp3) is 0.600. The first-order valence-corrected chi connectivity index (χ1v) is 6.84. The molecular formula is C15H21F2NO. The van der Waals surface area contributed by atoms with Crippen LogP contribution in [0, 0.1) is 11.6 Å². The fourth-order valence-corrected chi connectivity index (χ4v) is 2.83. The molecule has 0 aromatic heterocycles. The van der Waals surface area contributed by atoms with Crippen molar-refractivity contribution < 1.29 is 13.5 Å². The average Bonchev–Trinajstić information content (AvgIpc) is 2.33. The summed E-state index contributed by atoms with van der Waals surface area (Å²) < 4.78 is 32.6. The molecule has 1 saturated carbocycles. The van der Waals surface area contributed by atoms with Gasteiger partial charge in [-0.3, -0.25) is 0 Å². The Balaban J connectivity index is 2.18. The molecule has 1 atom stereocenters. The normalized spacial score (nSPS) is 18.9. The van der Waals surface area contributed by atoms with Gasteiger partial charge in [0.05, 0.1) is 5.60 Å². The van der Waals surface area contributed by atoms with E-state index in [0.29, 0.717) is 12.0 Å². The molecule has 2 nitrogen and oxygen atoms in total. The van der Waals surface area contributed by atoms with Gasteiger partial charge in [-0.05, 0) is 56.0 Å². The van der Waals surface area contributed by atoms with E-state index >= 15 is 0 Å². The molecule has 19 heavy (non-hydrogen) atoms. The smallest absolute Gasteiger partial charge is 0.126 e. The first kappa shape index (κ1) is 14.4. The molecule has 0 heterocycles. The first-order valence-electron chi connectivity index (χ1n) is 6.84. The molecule has 0 aliphatic heterocycles. The van der Waals surface area contributed by atoms with Crippen LogP contribution in [0.5, 0.6) is 0 Å². The molecule has 0 radical (unpaired) electrons. The summed E-state index contributed by atoms with van der Waals surface area (Å²) in [5, 5.41) is 3.36. The van der Waals surface area contributed by atoms with Crippen molar-refractivity contribution >= 4 is 0 Å². The third-order valence-electron chi connectivity index (χ3n) is 4.12. The number of likely N-dealkylation sites (N-methyl/N-ethyl adjacent to an activating group) is 1. The molecule has 1 N–H and O–H groups in total. The summed E-state index contributed by atoms with van der Waals surface area (Å²) in [6.07, 6.45) is 3.52. The minimum absolute atomic E-state index is 0.0209. The van der Waals surface area contributed by atoms with Gasteiger partial charge in [0, 0.05) is 13.2 Å². The summed E-state index contributed by atoms with van der Waals surface area (Å²) in [7, 11) is 1.70. The van der Waals surface area contributed by atoms with Gasteiger partial charge in [0.15, 0.2) is 0 Å². The van der Waals surface area contributed by atoms with E-state index in [1.54, 1.807) is 7.11 Å². The van der Waals surface area contributed by atoms with Crippen LogP contribution in [0.2, 0.25) is 0 Å². The lowest BCUT2D eigenvalue weighted by Crippen LogP contribution is -2.57. The molecule has 1 aromatic rings. The Morgan fingerprint density at radius 2 is 2.11 bits per heavy atom. The second-order valence-corrected chi connectivity index (χ2v) is 5.17. The van der Waals surface area contributed by atoms with E-state index in [4.69, 9.17) is 4.74 Å². The van der Waals surface area contributed by atoms with Gasteiger partial charge in [-0.2, -0.15) is 0 Å². The molecule has 106 valence electrons. The molecule has 1 unspecified atom stereocenters. The Hall–Kier alpha value is -1.00. The van der Waals surface area contributed by atoms with Gasteiger partial charge >= 0.3 is 0 Å². The van der Waals surface area contributed by atoms with Gasteiger partial charge < -0.3 is 10.1 Å². The van der Waals surface area contributed by atoms with E-state index in [2.05, 4.69) is 5.32 Å². The topological polar surface area (TPSA) is 21.3 Å². The van der Waals surface area contributed by atoms with Crippen LogP contribution in [-0.4, -0.2) is 25.3 Å². The van der Waals surface area contributed by atoms with E-state index < -0.39 is 5.82 Å². The van der Waals surface area contributed by atoms with Crippen molar-refractivity contribution in [1.29, 1.82) is 0 Å². The highest BCUT2D eigenvalue weighted by Crippen LogP contribution is 2.39. The zero-order chi connectivity index (χ0) is 13.9. The second-order valence-electron chi connectivity index (χ2n) is 5.17. The van der Waals surface area contributed by atoms with E-state index in [9.17, 15) is 8.78 Å². The van der Waals surface area contributed by atoms with Gasteiger partial charge in [0.25, 0.3) is 0 Å². The van der Waals surface area contributed by atoms with E-state index in [0.717, 1.165) is 31.9 Å². The Labute approximate surface area is 113 Å². The van der Waals surface area contributed by atoms with Crippen molar-refractivity contribution in [3.63, 3.8) is 0 Å². The van der Waals surface area contributed by atoms with Crippen LogP contribution >= 0.6 is 0 Å². The Bertz CT molecular complexity index is 427. The molecule has 0 bridgehead atoms. The van der Waals surface area contributed by atoms with Crippen molar-refractivity contribution in [2.75, 3.05) is 13.7 Å². The van der Waals surface area contributed by atoms with Crippen LogP contribution in [0.1, 0.15) is 31.7 Å². The molecule has 0 spiro atoms. The Morgan fingerprint density at radius 1 is 1.37 bits per heavy atom. The third-order valence-corrected chi connectivity index (χ3v) is 4.12. The van der Waals surface area contributed by atoms with E-state index in [-0.39, 0.29) is 17.5 Å². The molecule has 1 fully saturated rings. The maximum Gasteiger partial charge on any atom is 0.126 e. The summed E-state index contributed by atoms with van der Waals surface area (Å²) in [5.41, 5.74) is 0.184. The molecule has 0 amide bonds. The standard InChI is InChI=1S/C15H21F2NO/c1-3-18-14(15(19-2)7-4-8-15)10-11-9-12(16)5-6-13(11)17/h5-6,9,14,18H,3-4,7-8,10H2,1-2H3. The SMILES string of the molecule is CCNC(Cc1cc(F)ccc1F)C1(OC)CCC1. The maximum atomic E-state index is 13.7. The van der Waals surface area contributed by atoms with Crippen LogP contribution in [-0.2, 0) is 11.2 Å². The van der Waals surface area contributed by atoms with Crippen LogP contribution in [0.3, 0.4) is 0 Å². The average molecular weight is 269 g/mol. The lowest BCUT2D eigenvalue weighted by atomic mass is 9.72. The third kappa shape index (κ3) is 2.95. The van der Waals surface area contributed by atoms with Gasteiger partial charge in [-0.1, -0.05) is 6.92 Å². The van der Waals surface area contributed by atoms with E-state index in [1.165, 1.54) is 12.1 Å². The molecule has 2 rings (SSSR count). The van der Waals surface area contributed by atoms with Gasteiger partial charge in [0.2, 0.25) is 0 Å². The predicted octanol–water partition coefficient (Wildman–Crippen LogP) is 3.05. The number of hydrogen-bond acceptors (Lipinski definition) is 2. The Morgan fingerprint density at radius 3 is 2.63 bits per heavy atom. The number of halogens is 2. The number of ether oxygens (including phenoxy) is 1. The minimum Gasteiger partial charge on any atom is -0.377 e. The molecule has 0 saturated heterocycles. The lowest BCUT2D eigenvalue weighted by molar-refractivity contribution is -0.0979. The zero-order valence-corrected chi connectivity index (χ0v) is 11.5. The first-order chi connectivity index (χ1) is 9.11. The number of methoxy groups -OCH3 is 1.